The van der Waals surface area contributed by atoms with Gasteiger partial charge in [0.15, 0.2) is 0 Å². The number of anilines is 1. The van der Waals surface area contributed by atoms with Gasteiger partial charge in [-0.05, 0) is 50.1 Å². The highest BCUT2D eigenvalue weighted by molar-refractivity contribution is 5.48. The number of benzene rings is 2. The van der Waals surface area contributed by atoms with Crippen LogP contribution in [-0.2, 0) is 6.54 Å². The Morgan fingerprint density at radius 2 is 1.77 bits per heavy atom. The highest BCUT2D eigenvalue weighted by atomic mass is 16.5. The lowest BCUT2D eigenvalue weighted by atomic mass is 10.2. The van der Waals surface area contributed by atoms with Crippen molar-refractivity contribution in [1.82, 2.24) is 0 Å². The molecule has 0 heterocycles. The maximum atomic E-state index is 5.71. The first kappa shape index (κ1) is 16.2. The zero-order chi connectivity index (χ0) is 15.8. The van der Waals surface area contributed by atoms with Crippen molar-refractivity contribution in [2.24, 2.45) is 0 Å². The van der Waals surface area contributed by atoms with E-state index >= 15 is 0 Å². The molecule has 1 N–H and O–H groups in total. The van der Waals surface area contributed by atoms with E-state index in [-0.39, 0.29) is 6.10 Å². The van der Waals surface area contributed by atoms with E-state index in [1.807, 2.05) is 50.2 Å². The molecular weight excluding hydrogens is 274 g/mol. The van der Waals surface area contributed by atoms with Gasteiger partial charge in [0, 0.05) is 18.3 Å². The summed E-state index contributed by atoms with van der Waals surface area (Å²) >= 11 is 0. The van der Waals surface area contributed by atoms with Crippen molar-refractivity contribution < 1.29 is 9.47 Å². The van der Waals surface area contributed by atoms with E-state index in [4.69, 9.17) is 9.47 Å². The molecule has 0 saturated carbocycles. The van der Waals surface area contributed by atoms with Gasteiger partial charge in [0.2, 0.25) is 0 Å². The standard InChI is InChI=1S/C19H25NO2/c1-4-11-21-18-9-5-7-16(12-18)14-20-17-8-6-10-19(13-17)22-15(2)3/h5-10,12-13,15,20H,4,11,14H2,1-3H3. The van der Waals surface area contributed by atoms with E-state index < -0.39 is 0 Å². The lowest BCUT2D eigenvalue weighted by molar-refractivity contribution is 0.242. The molecule has 0 aromatic heterocycles. The molecule has 0 saturated heterocycles. The van der Waals surface area contributed by atoms with Crippen LogP contribution in [0.1, 0.15) is 32.8 Å². The molecular formula is C19H25NO2. The quantitative estimate of drug-likeness (QED) is 0.754. The van der Waals surface area contributed by atoms with Crippen molar-refractivity contribution in [2.75, 3.05) is 11.9 Å². The van der Waals surface area contributed by atoms with E-state index in [9.17, 15) is 0 Å². The van der Waals surface area contributed by atoms with Gasteiger partial charge in [-0.25, -0.2) is 0 Å². The lowest BCUT2D eigenvalue weighted by Gasteiger charge is -2.12. The predicted molar refractivity (Wildman–Crippen MR) is 91.8 cm³/mol. The third kappa shape index (κ3) is 5.32. The summed E-state index contributed by atoms with van der Waals surface area (Å²) in [5.41, 5.74) is 2.25. The summed E-state index contributed by atoms with van der Waals surface area (Å²) in [4.78, 5) is 0. The van der Waals surface area contributed by atoms with Gasteiger partial charge in [-0.3, -0.25) is 0 Å². The summed E-state index contributed by atoms with van der Waals surface area (Å²) < 4.78 is 11.4. The molecule has 118 valence electrons. The largest absolute Gasteiger partial charge is 0.494 e. The summed E-state index contributed by atoms with van der Waals surface area (Å²) in [6.07, 6.45) is 1.20. The lowest BCUT2D eigenvalue weighted by Crippen LogP contribution is -2.06. The Bertz CT molecular complexity index is 581. The fourth-order valence-electron chi connectivity index (χ4n) is 2.12. The minimum Gasteiger partial charge on any atom is -0.494 e. The first-order chi connectivity index (χ1) is 10.7. The average molecular weight is 299 g/mol. The molecule has 0 aliphatic rings. The molecule has 0 aliphatic heterocycles. The zero-order valence-electron chi connectivity index (χ0n) is 13.6. The van der Waals surface area contributed by atoms with Gasteiger partial charge in [0.25, 0.3) is 0 Å². The van der Waals surface area contributed by atoms with Crippen molar-refractivity contribution in [3.05, 3.63) is 54.1 Å². The van der Waals surface area contributed by atoms with E-state index in [1.54, 1.807) is 0 Å². The molecule has 2 aromatic rings. The second-order valence-electron chi connectivity index (χ2n) is 5.54. The van der Waals surface area contributed by atoms with E-state index in [0.29, 0.717) is 0 Å². The summed E-state index contributed by atoms with van der Waals surface area (Å²) in [5.74, 6) is 1.82. The molecule has 0 radical (unpaired) electrons. The molecule has 0 fully saturated rings. The van der Waals surface area contributed by atoms with Crippen LogP contribution in [0.25, 0.3) is 0 Å². The fraction of sp³-hybridized carbons (Fsp3) is 0.368. The van der Waals surface area contributed by atoms with Crippen LogP contribution in [0.4, 0.5) is 5.69 Å². The molecule has 2 rings (SSSR count). The second kappa shape index (κ2) is 8.32. The zero-order valence-corrected chi connectivity index (χ0v) is 13.6. The Labute approximate surface area is 133 Å². The van der Waals surface area contributed by atoms with Crippen molar-refractivity contribution in [2.45, 2.75) is 39.8 Å². The maximum Gasteiger partial charge on any atom is 0.121 e. The highest BCUT2D eigenvalue weighted by Crippen LogP contribution is 2.20. The third-order valence-electron chi connectivity index (χ3n) is 3.07. The SMILES string of the molecule is CCCOc1cccc(CNc2cccc(OC(C)C)c2)c1. The van der Waals surface area contributed by atoms with Gasteiger partial charge in [0.1, 0.15) is 11.5 Å². The van der Waals surface area contributed by atoms with Crippen molar-refractivity contribution in [1.29, 1.82) is 0 Å². The van der Waals surface area contributed by atoms with Crippen LogP contribution in [0, 0.1) is 0 Å². The Morgan fingerprint density at radius 1 is 1.00 bits per heavy atom. The first-order valence-corrected chi connectivity index (χ1v) is 7.89. The van der Waals surface area contributed by atoms with Crippen LogP contribution in [0.5, 0.6) is 11.5 Å². The molecule has 0 aliphatic carbocycles. The van der Waals surface area contributed by atoms with Crippen LogP contribution in [0.3, 0.4) is 0 Å². The topological polar surface area (TPSA) is 30.5 Å². The molecule has 0 bridgehead atoms. The number of nitrogens with one attached hydrogen (secondary N) is 1. The van der Waals surface area contributed by atoms with Crippen molar-refractivity contribution in [3.8, 4) is 11.5 Å². The van der Waals surface area contributed by atoms with Gasteiger partial charge in [-0.1, -0.05) is 25.1 Å². The number of rotatable bonds is 8. The van der Waals surface area contributed by atoms with E-state index in [2.05, 4.69) is 24.4 Å². The summed E-state index contributed by atoms with van der Waals surface area (Å²) in [7, 11) is 0. The summed E-state index contributed by atoms with van der Waals surface area (Å²) in [6.45, 7) is 7.68. The monoisotopic (exact) mass is 299 g/mol. The molecule has 0 atom stereocenters. The summed E-state index contributed by atoms with van der Waals surface area (Å²) in [5, 5.41) is 3.42. The minimum atomic E-state index is 0.183. The third-order valence-corrected chi connectivity index (χ3v) is 3.07. The Balaban J connectivity index is 1.95. The molecule has 0 unspecified atom stereocenters. The number of ether oxygens (including phenoxy) is 2. The second-order valence-corrected chi connectivity index (χ2v) is 5.54. The molecule has 0 amide bonds. The average Bonchev–Trinajstić information content (AvgIpc) is 2.51. The van der Waals surface area contributed by atoms with E-state index in [1.165, 1.54) is 5.56 Å². The molecule has 3 nitrogen and oxygen atoms in total. The molecule has 2 aromatic carbocycles. The van der Waals surface area contributed by atoms with Crippen LogP contribution in [0.15, 0.2) is 48.5 Å². The number of hydrogen-bond donors (Lipinski definition) is 1. The smallest absolute Gasteiger partial charge is 0.121 e. The van der Waals surface area contributed by atoms with Gasteiger partial charge < -0.3 is 14.8 Å². The van der Waals surface area contributed by atoms with Crippen LogP contribution in [0.2, 0.25) is 0 Å². The predicted octanol–water partition coefficient (Wildman–Crippen LogP) is 4.87. The van der Waals surface area contributed by atoms with Crippen LogP contribution in [-0.4, -0.2) is 12.7 Å². The van der Waals surface area contributed by atoms with Crippen molar-refractivity contribution >= 4 is 5.69 Å². The van der Waals surface area contributed by atoms with Gasteiger partial charge in [-0.2, -0.15) is 0 Å². The Morgan fingerprint density at radius 3 is 2.55 bits per heavy atom. The maximum absolute atomic E-state index is 5.71. The molecule has 0 spiro atoms. The minimum absolute atomic E-state index is 0.183. The van der Waals surface area contributed by atoms with Crippen molar-refractivity contribution in [3.63, 3.8) is 0 Å². The fourth-order valence-corrected chi connectivity index (χ4v) is 2.12. The van der Waals surface area contributed by atoms with Crippen LogP contribution >= 0.6 is 0 Å². The number of hydrogen-bond acceptors (Lipinski definition) is 3. The normalized spacial score (nSPS) is 10.5. The highest BCUT2D eigenvalue weighted by Gasteiger charge is 2.01. The molecule has 3 heteroatoms. The van der Waals surface area contributed by atoms with E-state index in [0.717, 1.165) is 36.8 Å². The van der Waals surface area contributed by atoms with Gasteiger partial charge in [0.05, 0.1) is 12.7 Å². The first-order valence-electron chi connectivity index (χ1n) is 7.89. The van der Waals surface area contributed by atoms with Crippen LogP contribution < -0.4 is 14.8 Å². The Hall–Kier alpha value is -2.16. The summed E-state index contributed by atoms with van der Waals surface area (Å²) in [6, 6.07) is 16.3. The van der Waals surface area contributed by atoms with Gasteiger partial charge in [-0.15, -0.1) is 0 Å². The molecule has 22 heavy (non-hydrogen) atoms. The van der Waals surface area contributed by atoms with Gasteiger partial charge >= 0.3 is 0 Å². The Kier molecular flexibility index (Phi) is 6.13.